The summed E-state index contributed by atoms with van der Waals surface area (Å²) in [5, 5.41) is 7.10. The number of halogens is 3. The lowest BCUT2D eigenvalue weighted by Gasteiger charge is -2.20. The Balaban J connectivity index is 1.86. The smallest absolute Gasteiger partial charge is 0.259 e. The van der Waals surface area contributed by atoms with E-state index >= 15 is 0 Å². The molecule has 0 saturated heterocycles. The largest absolute Gasteiger partial charge is 0.374 e. The molecule has 8 heteroatoms. The van der Waals surface area contributed by atoms with Crippen molar-refractivity contribution in [3.05, 3.63) is 55.4 Å². The molecule has 5 nitrogen and oxygen atoms in total. The van der Waals surface area contributed by atoms with E-state index in [4.69, 9.17) is 0 Å². The summed E-state index contributed by atoms with van der Waals surface area (Å²) in [6.45, 7) is 6.31. The molecule has 0 radical (unpaired) electrons. The highest BCUT2D eigenvalue weighted by atomic mass is 79.9. The van der Waals surface area contributed by atoms with Gasteiger partial charge in [-0.05, 0) is 75.5 Å². The van der Waals surface area contributed by atoms with Gasteiger partial charge in [-0.15, -0.1) is 0 Å². The first-order valence-corrected chi connectivity index (χ1v) is 10.9. The van der Waals surface area contributed by atoms with E-state index in [1.165, 1.54) is 5.69 Å². The van der Waals surface area contributed by atoms with Crippen LogP contribution in [0.4, 0.5) is 11.4 Å². The van der Waals surface area contributed by atoms with E-state index in [0.29, 0.717) is 0 Å². The van der Waals surface area contributed by atoms with Crippen LogP contribution < -0.4 is 15.6 Å². The molecule has 0 fully saturated rings. The lowest BCUT2D eigenvalue weighted by atomic mass is 10.2. The number of nitrogens with one attached hydrogen (secondary N) is 2. The molecule has 27 heavy (non-hydrogen) atoms. The van der Waals surface area contributed by atoms with Crippen LogP contribution in [0, 0.1) is 0 Å². The van der Waals surface area contributed by atoms with E-state index in [-0.39, 0.29) is 12.5 Å². The van der Waals surface area contributed by atoms with Crippen LogP contribution in [0.5, 0.6) is 0 Å². The molecule has 0 aliphatic heterocycles. The summed E-state index contributed by atoms with van der Waals surface area (Å²) in [6, 6.07) is 11.9. The van der Waals surface area contributed by atoms with Gasteiger partial charge in [0.05, 0.1) is 18.4 Å². The second kappa shape index (κ2) is 10.8. The molecule has 0 spiro atoms. The predicted molar refractivity (Wildman–Crippen MR) is 124 cm³/mol. The van der Waals surface area contributed by atoms with Gasteiger partial charge >= 0.3 is 0 Å². The number of hydrogen-bond donors (Lipinski definition) is 2. The molecular formula is C19H21Br3N4O. The molecule has 1 amide bonds. The van der Waals surface area contributed by atoms with Crippen LogP contribution in [-0.2, 0) is 4.79 Å². The Labute approximate surface area is 185 Å². The second-order valence-corrected chi connectivity index (χ2v) is 8.28. The van der Waals surface area contributed by atoms with Crippen LogP contribution >= 0.6 is 47.8 Å². The van der Waals surface area contributed by atoms with E-state index in [1.807, 2.05) is 24.3 Å². The average molecular weight is 561 g/mol. The highest BCUT2D eigenvalue weighted by molar-refractivity contribution is 9.11. The molecule has 0 aromatic heterocycles. The second-order valence-electron chi connectivity index (χ2n) is 5.65. The normalized spacial score (nSPS) is 10.9. The molecule has 0 saturated carbocycles. The topological polar surface area (TPSA) is 56.7 Å². The fraction of sp³-hybridized carbons (Fsp3) is 0.263. The van der Waals surface area contributed by atoms with Crippen LogP contribution in [0.15, 0.2) is 54.9 Å². The predicted octanol–water partition coefficient (Wildman–Crippen LogP) is 5.38. The minimum atomic E-state index is -0.229. The standard InChI is InChI=1S/C19H21Br3N4O/c1-3-26(4-2)15-7-5-13(6-8-15)11-24-25-18(27)12-23-19-16(21)9-14(20)10-17(19)22/h5-11,23H,3-4,12H2,1-2H3,(H,25,27)/b24-11-. The molecule has 2 aromatic carbocycles. The summed E-state index contributed by atoms with van der Waals surface area (Å²) in [7, 11) is 0. The van der Waals surface area contributed by atoms with Crippen molar-refractivity contribution in [2.45, 2.75) is 13.8 Å². The number of anilines is 2. The Kier molecular flexibility index (Phi) is 8.79. The third kappa shape index (κ3) is 6.62. The summed E-state index contributed by atoms with van der Waals surface area (Å²) in [6.07, 6.45) is 1.63. The molecule has 2 rings (SSSR count). The zero-order valence-corrected chi connectivity index (χ0v) is 19.9. The lowest BCUT2D eigenvalue weighted by molar-refractivity contribution is -0.119. The van der Waals surface area contributed by atoms with Gasteiger partial charge in [0.1, 0.15) is 0 Å². The van der Waals surface area contributed by atoms with Gasteiger partial charge in [0.15, 0.2) is 0 Å². The highest BCUT2D eigenvalue weighted by Gasteiger charge is 2.08. The minimum absolute atomic E-state index is 0.108. The van der Waals surface area contributed by atoms with Gasteiger partial charge in [0.25, 0.3) is 5.91 Å². The van der Waals surface area contributed by atoms with E-state index in [1.54, 1.807) is 6.21 Å². The van der Waals surface area contributed by atoms with E-state index in [9.17, 15) is 4.79 Å². The van der Waals surface area contributed by atoms with Crippen LogP contribution in [0.1, 0.15) is 19.4 Å². The Morgan fingerprint density at radius 2 is 1.67 bits per heavy atom. The number of rotatable bonds is 8. The number of benzene rings is 2. The van der Waals surface area contributed by atoms with Crippen molar-refractivity contribution in [2.24, 2.45) is 5.10 Å². The van der Waals surface area contributed by atoms with Gasteiger partial charge in [0, 0.05) is 32.2 Å². The minimum Gasteiger partial charge on any atom is -0.374 e. The third-order valence-corrected chi connectivity index (χ3v) is 5.57. The first kappa shape index (κ1) is 21.9. The van der Waals surface area contributed by atoms with Gasteiger partial charge < -0.3 is 10.2 Å². The first-order valence-electron chi connectivity index (χ1n) is 8.50. The number of carbonyl (C=O) groups excluding carboxylic acids is 1. The van der Waals surface area contributed by atoms with Crippen molar-refractivity contribution in [3.63, 3.8) is 0 Å². The molecule has 144 valence electrons. The summed E-state index contributed by atoms with van der Waals surface area (Å²) in [5.74, 6) is -0.229. The summed E-state index contributed by atoms with van der Waals surface area (Å²) in [5.41, 5.74) is 5.44. The summed E-state index contributed by atoms with van der Waals surface area (Å²) >= 11 is 10.4. The number of hydrogen-bond acceptors (Lipinski definition) is 4. The maximum Gasteiger partial charge on any atom is 0.259 e. The Morgan fingerprint density at radius 3 is 2.22 bits per heavy atom. The zero-order valence-electron chi connectivity index (χ0n) is 15.1. The average Bonchev–Trinajstić information content (AvgIpc) is 2.63. The summed E-state index contributed by atoms with van der Waals surface area (Å²) < 4.78 is 2.65. The van der Waals surface area contributed by atoms with Crippen molar-refractivity contribution in [2.75, 3.05) is 29.9 Å². The zero-order chi connectivity index (χ0) is 19.8. The van der Waals surface area contributed by atoms with Gasteiger partial charge in [-0.2, -0.15) is 5.10 Å². The van der Waals surface area contributed by atoms with Gasteiger partial charge in [-0.3, -0.25) is 4.79 Å². The van der Waals surface area contributed by atoms with Crippen molar-refractivity contribution in [1.29, 1.82) is 0 Å². The molecule has 0 bridgehead atoms. The van der Waals surface area contributed by atoms with E-state index in [0.717, 1.165) is 37.8 Å². The molecule has 0 aliphatic rings. The lowest BCUT2D eigenvalue weighted by Crippen LogP contribution is -2.26. The van der Waals surface area contributed by atoms with Crippen molar-refractivity contribution < 1.29 is 4.79 Å². The fourth-order valence-corrected chi connectivity index (χ4v) is 5.00. The van der Waals surface area contributed by atoms with Gasteiger partial charge in [-0.1, -0.05) is 28.1 Å². The Bertz CT molecular complexity index is 782. The van der Waals surface area contributed by atoms with Crippen molar-refractivity contribution in [1.82, 2.24) is 5.43 Å². The van der Waals surface area contributed by atoms with Gasteiger partial charge in [-0.25, -0.2) is 5.43 Å². The number of nitrogens with zero attached hydrogens (tertiary/aromatic N) is 2. The summed E-state index contributed by atoms with van der Waals surface area (Å²) in [4.78, 5) is 14.3. The fourth-order valence-electron chi connectivity index (χ4n) is 2.46. The third-order valence-electron chi connectivity index (χ3n) is 3.86. The Hall–Kier alpha value is -1.38. The molecule has 2 N–H and O–H groups in total. The monoisotopic (exact) mass is 558 g/mol. The molecule has 0 atom stereocenters. The molecular weight excluding hydrogens is 540 g/mol. The molecule has 2 aromatic rings. The number of amides is 1. The first-order chi connectivity index (χ1) is 12.9. The van der Waals surface area contributed by atoms with Crippen molar-refractivity contribution >= 4 is 71.3 Å². The molecule has 0 aliphatic carbocycles. The van der Waals surface area contributed by atoms with Crippen LogP contribution in [0.25, 0.3) is 0 Å². The van der Waals surface area contributed by atoms with E-state index in [2.05, 4.69) is 94.5 Å². The quantitative estimate of drug-likeness (QED) is 0.336. The van der Waals surface area contributed by atoms with Gasteiger partial charge in [0.2, 0.25) is 0 Å². The number of carbonyl (C=O) groups is 1. The van der Waals surface area contributed by atoms with Crippen LogP contribution in [-0.4, -0.2) is 31.8 Å². The van der Waals surface area contributed by atoms with E-state index < -0.39 is 0 Å². The molecule has 0 unspecified atom stereocenters. The SMILES string of the molecule is CCN(CC)c1ccc(/C=N\NC(=O)CNc2c(Br)cc(Br)cc2Br)cc1. The maximum atomic E-state index is 12.0. The molecule has 0 heterocycles. The maximum absolute atomic E-state index is 12.0. The van der Waals surface area contributed by atoms with Crippen LogP contribution in [0.3, 0.4) is 0 Å². The number of hydrazone groups is 1. The Morgan fingerprint density at radius 1 is 1.07 bits per heavy atom. The highest BCUT2D eigenvalue weighted by Crippen LogP contribution is 2.34. The van der Waals surface area contributed by atoms with Crippen LogP contribution in [0.2, 0.25) is 0 Å². The van der Waals surface area contributed by atoms with Crippen molar-refractivity contribution in [3.8, 4) is 0 Å².